The standard InChI is InChI=1S/C17H25NO3/c1-18(10-12-4-3-7-21-11-12)16-8-13-5-6-14(20-2)9-15(13)17(16)19/h5-6,9,12,16-17,19H,3-4,7-8,10-11H2,1-2H3. The molecule has 21 heavy (non-hydrogen) atoms. The quantitative estimate of drug-likeness (QED) is 0.921. The lowest BCUT2D eigenvalue weighted by atomic mass is 10.0. The summed E-state index contributed by atoms with van der Waals surface area (Å²) in [5, 5.41) is 10.6. The van der Waals surface area contributed by atoms with E-state index in [4.69, 9.17) is 9.47 Å². The first-order valence-corrected chi connectivity index (χ1v) is 7.82. The molecule has 3 rings (SSSR count). The molecular weight excluding hydrogens is 266 g/mol. The summed E-state index contributed by atoms with van der Waals surface area (Å²) in [5.41, 5.74) is 2.26. The van der Waals surface area contributed by atoms with Crippen molar-refractivity contribution in [3.63, 3.8) is 0 Å². The molecule has 3 atom stereocenters. The molecule has 0 aromatic heterocycles. The SMILES string of the molecule is COc1ccc2c(c1)C(O)C(N(C)CC1CCCOC1)C2. The molecule has 0 amide bonds. The third kappa shape index (κ3) is 3.07. The van der Waals surface area contributed by atoms with Gasteiger partial charge >= 0.3 is 0 Å². The van der Waals surface area contributed by atoms with Gasteiger partial charge in [0.05, 0.1) is 19.8 Å². The van der Waals surface area contributed by atoms with Crippen LogP contribution in [0.5, 0.6) is 5.75 Å². The van der Waals surface area contributed by atoms with Gasteiger partial charge in [0.1, 0.15) is 5.75 Å². The van der Waals surface area contributed by atoms with Crippen molar-refractivity contribution in [1.29, 1.82) is 0 Å². The number of fused-ring (bicyclic) bond motifs is 1. The smallest absolute Gasteiger partial charge is 0.119 e. The number of benzene rings is 1. The average molecular weight is 291 g/mol. The molecule has 1 fully saturated rings. The summed E-state index contributed by atoms with van der Waals surface area (Å²) < 4.78 is 10.8. The van der Waals surface area contributed by atoms with E-state index in [-0.39, 0.29) is 6.04 Å². The molecule has 0 bridgehead atoms. The van der Waals surface area contributed by atoms with Crippen molar-refractivity contribution >= 4 is 0 Å². The van der Waals surface area contributed by atoms with Crippen LogP contribution in [0.3, 0.4) is 0 Å². The van der Waals surface area contributed by atoms with Crippen LogP contribution in [0.15, 0.2) is 18.2 Å². The number of nitrogens with zero attached hydrogens (tertiary/aromatic N) is 1. The first-order chi connectivity index (χ1) is 10.2. The molecule has 2 aliphatic rings. The molecule has 1 saturated heterocycles. The van der Waals surface area contributed by atoms with Gasteiger partial charge in [-0.05, 0) is 55.5 Å². The predicted molar refractivity (Wildman–Crippen MR) is 81.6 cm³/mol. The Labute approximate surface area is 126 Å². The third-order valence-corrected chi connectivity index (χ3v) is 4.83. The van der Waals surface area contributed by atoms with Crippen LogP contribution in [-0.2, 0) is 11.2 Å². The fraction of sp³-hybridized carbons (Fsp3) is 0.647. The summed E-state index contributed by atoms with van der Waals surface area (Å²) in [6, 6.07) is 6.18. The van der Waals surface area contributed by atoms with Gasteiger partial charge in [-0.25, -0.2) is 0 Å². The van der Waals surface area contributed by atoms with Crippen LogP contribution in [0.25, 0.3) is 0 Å². The number of rotatable bonds is 4. The number of aliphatic hydroxyl groups excluding tert-OH is 1. The minimum atomic E-state index is -0.426. The molecule has 0 radical (unpaired) electrons. The number of likely N-dealkylation sites (N-methyl/N-ethyl adjacent to an activating group) is 1. The van der Waals surface area contributed by atoms with Gasteiger partial charge in [-0.1, -0.05) is 6.07 Å². The second-order valence-electron chi connectivity index (χ2n) is 6.30. The van der Waals surface area contributed by atoms with E-state index in [1.54, 1.807) is 7.11 Å². The van der Waals surface area contributed by atoms with Crippen molar-refractivity contribution < 1.29 is 14.6 Å². The van der Waals surface area contributed by atoms with Crippen LogP contribution in [0, 0.1) is 5.92 Å². The van der Waals surface area contributed by atoms with Crippen molar-refractivity contribution in [1.82, 2.24) is 4.90 Å². The van der Waals surface area contributed by atoms with E-state index in [0.717, 1.165) is 43.9 Å². The van der Waals surface area contributed by atoms with Gasteiger partial charge in [0, 0.05) is 19.2 Å². The first kappa shape index (κ1) is 14.8. The summed E-state index contributed by atoms with van der Waals surface area (Å²) in [6.45, 7) is 2.75. The summed E-state index contributed by atoms with van der Waals surface area (Å²) >= 11 is 0. The zero-order valence-corrected chi connectivity index (χ0v) is 12.9. The zero-order valence-electron chi connectivity index (χ0n) is 12.9. The van der Waals surface area contributed by atoms with E-state index in [2.05, 4.69) is 18.0 Å². The highest BCUT2D eigenvalue weighted by Gasteiger charge is 2.34. The van der Waals surface area contributed by atoms with Crippen LogP contribution < -0.4 is 4.74 Å². The van der Waals surface area contributed by atoms with Gasteiger partial charge in [0.25, 0.3) is 0 Å². The molecule has 1 aromatic carbocycles. The zero-order chi connectivity index (χ0) is 14.8. The molecule has 0 spiro atoms. The molecule has 3 unspecified atom stereocenters. The van der Waals surface area contributed by atoms with Crippen LogP contribution in [0.4, 0.5) is 0 Å². The Bertz CT molecular complexity index is 485. The fourth-order valence-electron chi connectivity index (χ4n) is 3.60. The molecule has 1 aliphatic heterocycles. The van der Waals surface area contributed by atoms with Crippen LogP contribution in [0.2, 0.25) is 0 Å². The van der Waals surface area contributed by atoms with Crippen LogP contribution in [0.1, 0.15) is 30.1 Å². The Kier molecular flexibility index (Phi) is 4.48. The number of ether oxygens (including phenoxy) is 2. The van der Waals surface area contributed by atoms with Crippen molar-refractivity contribution in [2.75, 3.05) is 33.9 Å². The molecular formula is C17H25NO3. The second kappa shape index (κ2) is 6.34. The average Bonchev–Trinajstić information content (AvgIpc) is 2.85. The predicted octanol–water partition coefficient (Wildman–Crippen LogP) is 2.01. The van der Waals surface area contributed by atoms with Crippen LogP contribution >= 0.6 is 0 Å². The van der Waals surface area contributed by atoms with Gasteiger partial charge < -0.3 is 14.6 Å². The highest BCUT2D eigenvalue weighted by molar-refractivity contribution is 5.41. The topological polar surface area (TPSA) is 41.9 Å². The third-order valence-electron chi connectivity index (χ3n) is 4.83. The lowest BCUT2D eigenvalue weighted by Gasteiger charge is -2.32. The normalized spacial score (nSPS) is 28.7. The monoisotopic (exact) mass is 291 g/mol. The summed E-state index contributed by atoms with van der Waals surface area (Å²) in [4.78, 5) is 2.30. The maximum atomic E-state index is 10.6. The summed E-state index contributed by atoms with van der Waals surface area (Å²) in [7, 11) is 3.78. The van der Waals surface area contributed by atoms with E-state index in [1.807, 2.05) is 12.1 Å². The summed E-state index contributed by atoms with van der Waals surface area (Å²) in [5.74, 6) is 1.41. The maximum Gasteiger partial charge on any atom is 0.119 e. The van der Waals surface area contributed by atoms with E-state index in [0.29, 0.717) is 5.92 Å². The Morgan fingerprint density at radius 1 is 1.43 bits per heavy atom. The Balaban J connectivity index is 1.67. The highest BCUT2D eigenvalue weighted by atomic mass is 16.5. The van der Waals surface area contributed by atoms with Crippen molar-refractivity contribution in [2.24, 2.45) is 5.92 Å². The highest BCUT2D eigenvalue weighted by Crippen LogP contribution is 2.36. The van der Waals surface area contributed by atoms with Gasteiger partial charge in [0.15, 0.2) is 0 Å². The second-order valence-corrected chi connectivity index (χ2v) is 6.30. The fourth-order valence-corrected chi connectivity index (χ4v) is 3.60. The van der Waals surface area contributed by atoms with Crippen molar-refractivity contribution in [3.8, 4) is 5.75 Å². The molecule has 4 heteroatoms. The van der Waals surface area contributed by atoms with Gasteiger partial charge in [0.2, 0.25) is 0 Å². The maximum absolute atomic E-state index is 10.6. The number of aliphatic hydroxyl groups is 1. The largest absolute Gasteiger partial charge is 0.497 e. The first-order valence-electron chi connectivity index (χ1n) is 7.82. The number of methoxy groups -OCH3 is 1. The number of hydrogen-bond donors (Lipinski definition) is 1. The molecule has 1 aliphatic carbocycles. The van der Waals surface area contributed by atoms with E-state index in [1.165, 1.54) is 12.0 Å². The minimum Gasteiger partial charge on any atom is -0.497 e. The van der Waals surface area contributed by atoms with Gasteiger partial charge in [-0.2, -0.15) is 0 Å². The van der Waals surface area contributed by atoms with Gasteiger partial charge in [-0.3, -0.25) is 4.90 Å². The molecule has 1 aromatic rings. The molecule has 0 saturated carbocycles. The molecule has 4 nitrogen and oxygen atoms in total. The molecule has 1 heterocycles. The van der Waals surface area contributed by atoms with Crippen molar-refractivity contribution in [2.45, 2.75) is 31.4 Å². The van der Waals surface area contributed by atoms with Gasteiger partial charge in [-0.15, -0.1) is 0 Å². The Morgan fingerprint density at radius 2 is 2.29 bits per heavy atom. The van der Waals surface area contributed by atoms with Crippen molar-refractivity contribution in [3.05, 3.63) is 29.3 Å². The van der Waals surface area contributed by atoms with E-state index >= 15 is 0 Å². The van der Waals surface area contributed by atoms with E-state index < -0.39 is 6.10 Å². The molecule has 1 N–H and O–H groups in total. The van der Waals surface area contributed by atoms with Crippen LogP contribution in [-0.4, -0.2) is 50.0 Å². The Morgan fingerprint density at radius 3 is 3.00 bits per heavy atom. The Hall–Kier alpha value is -1.10. The molecule has 116 valence electrons. The minimum absolute atomic E-state index is 0.161. The lowest BCUT2D eigenvalue weighted by Crippen LogP contribution is -2.40. The number of hydrogen-bond acceptors (Lipinski definition) is 4. The lowest BCUT2D eigenvalue weighted by molar-refractivity contribution is 0.0182. The van der Waals surface area contributed by atoms with E-state index in [9.17, 15) is 5.11 Å². The summed E-state index contributed by atoms with van der Waals surface area (Å²) in [6.07, 6.45) is 2.87.